The third kappa shape index (κ3) is 2.20. The van der Waals surface area contributed by atoms with Crippen molar-refractivity contribution < 1.29 is 9.13 Å². The van der Waals surface area contributed by atoms with Crippen molar-refractivity contribution in [2.45, 2.75) is 6.54 Å². The van der Waals surface area contributed by atoms with Crippen LogP contribution in [0.1, 0.15) is 5.56 Å². The number of ether oxygens (including phenoxy) is 1. The number of halogens is 1. The highest BCUT2D eigenvalue weighted by Crippen LogP contribution is 2.20. The molecule has 0 aliphatic carbocycles. The second-order valence-corrected chi connectivity index (χ2v) is 4.89. The van der Waals surface area contributed by atoms with Gasteiger partial charge in [-0.25, -0.2) is 4.39 Å². The van der Waals surface area contributed by atoms with E-state index in [2.05, 4.69) is 4.98 Å². The van der Waals surface area contributed by atoms with Crippen LogP contribution in [0.15, 0.2) is 42.5 Å². The molecular formula is C15H13FN2OS. The van der Waals surface area contributed by atoms with Gasteiger partial charge >= 0.3 is 0 Å². The van der Waals surface area contributed by atoms with Crippen LogP contribution in [0.2, 0.25) is 0 Å². The van der Waals surface area contributed by atoms with Crippen LogP contribution in [0, 0.1) is 10.6 Å². The van der Waals surface area contributed by atoms with Crippen molar-refractivity contribution in [1.82, 2.24) is 9.55 Å². The number of aromatic nitrogens is 2. The first kappa shape index (κ1) is 12.9. The smallest absolute Gasteiger partial charge is 0.178 e. The molecular weight excluding hydrogens is 275 g/mol. The maximum atomic E-state index is 13.7. The lowest BCUT2D eigenvalue weighted by Crippen LogP contribution is -2.00. The van der Waals surface area contributed by atoms with Crippen molar-refractivity contribution in [3.63, 3.8) is 0 Å². The molecule has 1 heterocycles. The van der Waals surface area contributed by atoms with Crippen LogP contribution >= 0.6 is 12.2 Å². The van der Waals surface area contributed by atoms with Gasteiger partial charge in [-0.3, -0.25) is 0 Å². The molecule has 0 bridgehead atoms. The lowest BCUT2D eigenvalue weighted by atomic mass is 10.2. The van der Waals surface area contributed by atoms with Crippen LogP contribution in [0.3, 0.4) is 0 Å². The molecule has 3 rings (SSSR count). The minimum absolute atomic E-state index is 0.294. The van der Waals surface area contributed by atoms with E-state index in [4.69, 9.17) is 17.0 Å². The zero-order chi connectivity index (χ0) is 14.1. The maximum Gasteiger partial charge on any atom is 0.178 e. The fourth-order valence-corrected chi connectivity index (χ4v) is 2.52. The Bertz CT molecular complexity index is 822. The molecule has 2 aromatic carbocycles. The molecule has 0 amide bonds. The maximum absolute atomic E-state index is 13.7. The lowest BCUT2D eigenvalue weighted by Gasteiger charge is -2.07. The number of nitrogens with one attached hydrogen (secondary N) is 1. The summed E-state index contributed by atoms with van der Waals surface area (Å²) in [6.45, 7) is 0.569. The summed E-state index contributed by atoms with van der Waals surface area (Å²) >= 11 is 5.28. The summed E-state index contributed by atoms with van der Waals surface area (Å²) < 4.78 is 21.3. The Morgan fingerprint density at radius 1 is 1.25 bits per heavy atom. The van der Waals surface area contributed by atoms with Gasteiger partial charge in [0, 0.05) is 0 Å². The number of benzene rings is 2. The first-order valence-corrected chi connectivity index (χ1v) is 6.60. The predicted molar refractivity (Wildman–Crippen MR) is 79.2 cm³/mol. The van der Waals surface area contributed by atoms with Crippen molar-refractivity contribution in [3.05, 3.63) is 58.6 Å². The second kappa shape index (κ2) is 5.09. The number of nitrogens with zero attached hydrogens (tertiary/aromatic N) is 1. The van der Waals surface area contributed by atoms with Crippen molar-refractivity contribution >= 4 is 23.3 Å². The zero-order valence-corrected chi connectivity index (χ0v) is 11.7. The van der Waals surface area contributed by atoms with Crippen molar-refractivity contribution in [2.75, 3.05) is 7.11 Å². The fraction of sp³-hybridized carbons (Fsp3) is 0.133. The van der Waals surface area contributed by atoms with E-state index in [1.165, 1.54) is 6.07 Å². The van der Waals surface area contributed by atoms with E-state index in [-0.39, 0.29) is 5.82 Å². The van der Waals surface area contributed by atoms with Gasteiger partial charge in [0.25, 0.3) is 0 Å². The van der Waals surface area contributed by atoms with Gasteiger partial charge in [-0.2, -0.15) is 0 Å². The normalized spacial score (nSPS) is 10.9. The van der Waals surface area contributed by atoms with Crippen molar-refractivity contribution in [1.29, 1.82) is 0 Å². The van der Waals surface area contributed by atoms with E-state index in [1.54, 1.807) is 13.2 Å². The summed E-state index contributed by atoms with van der Waals surface area (Å²) in [6, 6.07) is 12.7. The zero-order valence-electron chi connectivity index (χ0n) is 10.9. The van der Waals surface area contributed by atoms with E-state index in [1.807, 2.05) is 34.9 Å². The number of methoxy groups -OCH3 is 1. The molecule has 0 unspecified atom stereocenters. The molecule has 0 atom stereocenters. The number of hydrogen-bond acceptors (Lipinski definition) is 2. The SMILES string of the molecule is COc1cccc(Cn2c(=S)[nH]c3c(F)cccc32)c1. The molecule has 0 fully saturated rings. The summed E-state index contributed by atoms with van der Waals surface area (Å²) in [6.07, 6.45) is 0. The molecule has 0 spiro atoms. The Morgan fingerprint density at radius 2 is 2.05 bits per heavy atom. The molecule has 3 nitrogen and oxygen atoms in total. The number of hydrogen-bond donors (Lipinski definition) is 1. The molecule has 1 N–H and O–H groups in total. The van der Waals surface area contributed by atoms with Crippen molar-refractivity contribution in [3.8, 4) is 5.75 Å². The molecule has 1 aromatic heterocycles. The summed E-state index contributed by atoms with van der Waals surface area (Å²) in [5.74, 6) is 0.498. The van der Waals surface area contributed by atoms with Gasteiger partial charge in [0.1, 0.15) is 17.1 Å². The van der Waals surface area contributed by atoms with Crippen LogP contribution < -0.4 is 4.74 Å². The Kier molecular flexibility index (Phi) is 3.28. The van der Waals surface area contributed by atoms with Gasteiger partial charge in [0.05, 0.1) is 19.2 Å². The Labute approximate surface area is 120 Å². The van der Waals surface area contributed by atoms with Gasteiger partial charge in [-0.05, 0) is 42.0 Å². The number of H-pyrrole nitrogens is 1. The van der Waals surface area contributed by atoms with Crippen LogP contribution in [-0.4, -0.2) is 16.7 Å². The monoisotopic (exact) mass is 288 g/mol. The van der Waals surface area contributed by atoms with Gasteiger partial charge < -0.3 is 14.3 Å². The Hall–Kier alpha value is -2.14. The fourth-order valence-electron chi connectivity index (χ4n) is 2.26. The summed E-state index contributed by atoms with van der Waals surface area (Å²) in [4.78, 5) is 2.92. The first-order valence-electron chi connectivity index (χ1n) is 6.19. The molecule has 0 saturated heterocycles. The topological polar surface area (TPSA) is 29.9 Å². The van der Waals surface area contributed by atoms with E-state index < -0.39 is 0 Å². The van der Waals surface area contributed by atoms with Crippen molar-refractivity contribution in [2.24, 2.45) is 0 Å². The average molecular weight is 288 g/mol. The lowest BCUT2D eigenvalue weighted by molar-refractivity contribution is 0.414. The first-order chi connectivity index (χ1) is 9.69. The molecule has 20 heavy (non-hydrogen) atoms. The van der Waals surface area contributed by atoms with Crippen LogP contribution in [0.4, 0.5) is 4.39 Å². The number of aromatic amines is 1. The van der Waals surface area contributed by atoms with Gasteiger partial charge in [-0.15, -0.1) is 0 Å². The highest BCUT2D eigenvalue weighted by molar-refractivity contribution is 7.71. The number of rotatable bonds is 3. The molecule has 102 valence electrons. The van der Waals surface area contributed by atoms with Crippen LogP contribution in [0.25, 0.3) is 11.0 Å². The molecule has 3 aromatic rings. The predicted octanol–water partition coefficient (Wildman–Crippen LogP) is 3.89. The van der Waals surface area contributed by atoms with Crippen LogP contribution in [-0.2, 0) is 6.54 Å². The number of imidazole rings is 1. The number of para-hydroxylation sites is 1. The van der Waals surface area contributed by atoms with Crippen LogP contribution in [0.5, 0.6) is 5.75 Å². The van der Waals surface area contributed by atoms with Gasteiger partial charge in [0.2, 0.25) is 0 Å². The summed E-state index contributed by atoms with van der Waals surface area (Å²) in [5.41, 5.74) is 2.25. The minimum Gasteiger partial charge on any atom is -0.497 e. The summed E-state index contributed by atoms with van der Waals surface area (Å²) in [5, 5.41) is 0. The summed E-state index contributed by atoms with van der Waals surface area (Å²) in [7, 11) is 1.63. The van der Waals surface area contributed by atoms with E-state index in [0.717, 1.165) is 16.8 Å². The third-order valence-electron chi connectivity index (χ3n) is 3.23. The molecule has 0 aliphatic rings. The average Bonchev–Trinajstić information content (AvgIpc) is 2.78. The number of fused-ring (bicyclic) bond motifs is 1. The highest BCUT2D eigenvalue weighted by Gasteiger charge is 2.08. The van der Waals surface area contributed by atoms with Gasteiger partial charge in [0.15, 0.2) is 4.77 Å². The van der Waals surface area contributed by atoms with E-state index >= 15 is 0 Å². The quantitative estimate of drug-likeness (QED) is 0.741. The molecule has 0 radical (unpaired) electrons. The standard InChI is InChI=1S/C15H13FN2OS/c1-19-11-5-2-4-10(8-11)9-18-13-7-3-6-12(16)14(13)17-15(18)20/h2-8H,9H2,1H3,(H,17,20). The second-order valence-electron chi connectivity index (χ2n) is 4.50. The van der Waals surface area contributed by atoms with Gasteiger partial charge in [-0.1, -0.05) is 18.2 Å². The third-order valence-corrected chi connectivity index (χ3v) is 3.56. The van der Waals surface area contributed by atoms with E-state index in [9.17, 15) is 4.39 Å². The Morgan fingerprint density at radius 3 is 2.85 bits per heavy atom. The molecule has 0 aliphatic heterocycles. The highest BCUT2D eigenvalue weighted by atomic mass is 32.1. The Balaban J connectivity index is 2.08. The van der Waals surface area contributed by atoms with E-state index in [0.29, 0.717) is 16.8 Å². The minimum atomic E-state index is -0.294. The largest absolute Gasteiger partial charge is 0.497 e. The molecule has 0 saturated carbocycles. The molecule has 5 heteroatoms.